The van der Waals surface area contributed by atoms with Gasteiger partial charge in [-0.3, -0.25) is 4.90 Å². The molecule has 0 aromatic carbocycles. The molecule has 0 spiro atoms. The van der Waals surface area contributed by atoms with Crippen molar-refractivity contribution < 1.29 is 14.9 Å². The summed E-state index contributed by atoms with van der Waals surface area (Å²) < 4.78 is 5.42. The molecule has 2 N–H and O–H groups in total. The van der Waals surface area contributed by atoms with Crippen LogP contribution in [0.5, 0.6) is 0 Å². The molecule has 1 saturated carbocycles. The van der Waals surface area contributed by atoms with Gasteiger partial charge in [0.15, 0.2) is 0 Å². The highest BCUT2D eigenvalue weighted by atomic mass is 16.5. The zero-order chi connectivity index (χ0) is 22.8. The number of unbranched alkanes of at least 4 members (excludes halogenated alkanes) is 4. The lowest BCUT2D eigenvalue weighted by Crippen LogP contribution is -2.36. The lowest BCUT2D eigenvalue weighted by atomic mass is 9.88. The summed E-state index contributed by atoms with van der Waals surface area (Å²) >= 11 is 0. The van der Waals surface area contributed by atoms with Gasteiger partial charge in [0.05, 0.1) is 25.4 Å². The number of hydrogen-bond acceptors (Lipinski definition) is 4. The molecule has 1 saturated heterocycles. The Morgan fingerprint density at radius 2 is 1.94 bits per heavy atom. The molecule has 0 aromatic rings. The van der Waals surface area contributed by atoms with Crippen molar-refractivity contribution in [3.05, 3.63) is 23.8 Å². The topological polar surface area (TPSA) is 52.9 Å². The third kappa shape index (κ3) is 8.27. The summed E-state index contributed by atoms with van der Waals surface area (Å²) in [5.41, 5.74) is 1.62. The first-order valence-corrected chi connectivity index (χ1v) is 13.6. The first-order valence-electron chi connectivity index (χ1n) is 13.6. The summed E-state index contributed by atoms with van der Waals surface area (Å²) in [4.78, 5) is 2.53. The van der Waals surface area contributed by atoms with Crippen molar-refractivity contribution in [3.8, 4) is 0 Å². The van der Waals surface area contributed by atoms with Crippen molar-refractivity contribution in [3.63, 3.8) is 0 Å². The first kappa shape index (κ1) is 25.9. The Labute approximate surface area is 197 Å². The van der Waals surface area contributed by atoms with Gasteiger partial charge in [-0.15, -0.1) is 0 Å². The molecule has 3 rings (SSSR count). The number of hydrogen-bond donors (Lipinski definition) is 2. The Bertz CT molecular complexity index is 583. The Hall–Kier alpha value is -0.680. The van der Waals surface area contributed by atoms with Crippen LogP contribution in [0.3, 0.4) is 0 Å². The summed E-state index contributed by atoms with van der Waals surface area (Å²) in [6, 6.07) is 0. The third-order valence-electron chi connectivity index (χ3n) is 8.03. The monoisotopic (exact) mass is 447 g/mol. The molecule has 1 heterocycles. The van der Waals surface area contributed by atoms with Gasteiger partial charge < -0.3 is 14.9 Å². The number of morpholine rings is 1. The number of fused-ring (bicyclic) bond motifs is 1. The van der Waals surface area contributed by atoms with Crippen molar-refractivity contribution in [2.75, 3.05) is 32.8 Å². The van der Waals surface area contributed by atoms with Crippen molar-refractivity contribution in [2.24, 2.45) is 23.7 Å². The van der Waals surface area contributed by atoms with Crippen LogP contribution in [-0.2, 0) is 4.74 Å². The maximum atomic E-state index is 10.6. The molecule has 0 aromatic heterocycles. The minimum Gasteiger partial charge on any atom is -0.392 e. The largest absolute Gasteiger partial charge is 0.392 e. The van der Waals surface area contributed by atoms with Crippen molar-refractivity contribution in [1.82, 2.24) is 4.90 Å². The van der Waals surface area contributed by atoms with Crippen LogP contribution in [0.25, 0.3) is 0 Å². The highest BCUT2D eigenvalue weighted by Crippen LogP contribution is 2.48. The number of ether oxygens (including phenoxy) is 1. The number of rotatable bonds is 14. The number of aliphatic hydroxyl groups is 2. The lowest BCUT2D eigenvalue weighted by molar-refractivity contribution is 0.0371. The molecule has 3 aliphatic rings. The molecule has 4 nitrogen and oxygen atoms in total. The van der Waals surface area contributed by atoms with E-state index in [0.29, 0.717) is 17.8 Å². The molecular formula is C28H49NO3. The molecule has 4 heteroatoms. The van der Waals surface area contributed by atoms with E-state index in [4.69, 9.17) is 4.74 Å². The van der Waals surface area contributed by atoms with Crippen LogP contribution in [0.2, 0.25) is 0 Å². The van der Waals surface area contributed by atoms with E-state index < -0.39 is 0 Å². The second-order valence-corrected chi connectivity index (χ2v) is 10.8. The van der Waals surface area contributed by atoms with Crippen molar-refractivity contribution in [1.29, 1.82) is 0 Å². The average molecular weight is 448 g/mol. The molecule has 1 aliphatic heterocycles. The molecule has 0 unspecified atom stereocenters. The predicted octanol–water partition coefficient (Wildman–Crippen LogP) is 5.35. The quantitative estimate of drug-likeness (QED) is 0.279. The Balaban J connectivity index is 1.32. The fourth-order valence-corrected chi connectivity index (χ4v) is 6.07. The van der Waals surface area contributed by atoms with Crippen LogP contribution < -0.4 is 0 Å². The minimum atomic E-state index is -0.376. The summed E-state index contributed by atoms with van der Waals surface area (Å²) in [6.07, 6.45) is 19.0. The molecule has 0 bridgehead atoms. The van der Waals surface area contributed by atoms with Gasteiger partial charge in [-0.25, -0.2) is 0 Å². The molecule has 0 radical (unpaired) electrons. The zero-order valence-corrected chi connectivity index (χ0v) is 20.8. The molecule has 6 atom stereocenters. The van der Waals surface area contributed by atoms with Gasteiger partial charge in [-0.05, 0) is 62.8 Å². The van der Waals surface area contributed by atoms with E-state index in [-0.39, 0.29) is 18.1 Å². The SMILES string of the molecule is CCCC[C@H](C)C[C@H](O)/C=C/[C@@H]1[C@H]2CC(CCCCCCN3CCOCC3)=C[C@H]2C[C@H]1O. The first-order chi connectivity index (χ1) is 15.6. The zero-order valence-electron chi connectivity index (χ0n) is 20.8. The van der Waals surface area contributed by atoms with Gasteiger partial charge in [0.1, 0.15) is 0 Å². The summed E-state index contributed by atoms with van der Waals surface area (Å²) in [7, 11) is 0. The van der Waals surface area contributed by atoms with E-state index in [1.807, 2.05) is 6.08 Å². The second-order valence-electron chi connectivity index (χ2n) is 10.8. The van der Waals surface area contributed by atoms with Gasteiger partial charge in [-0.2, -0.15) is 0 Å². The van der Waals surface area contributed by atoms with Gasteiger partial charge in [0.2, 0.25) is 0 Å². The van der Waals surface area contributed by atoms with Gasteiger partial charge in [0.25, 0.3) is 0 Å². The van der Waals surface area contributed by atoms with Crippen molar-refractivity contribution in [2.45, 2.75) is 96.7 Å². The van der Waals surface area contributed by atoms with E-state index in [1.54, 1.807) is 5.57 Å². The van der Waals surface area contributed by atoms with E-state index in [0.717, 1.165) is 45.6 Å². The third-order valence-corrected chi connectivity index (χ3v) is 8.03. The lowest BCUT2D eigenvalue weighted by Gasteiger charge is -2.26. The van der Waals surface area contributed by atoms with Crippen LogP contribution >= 0.6 is 0 Å². The maximum Gasteiger partial charge on any atom is 0.0723 e. The van der Waals surface area contributed by atoms with Gasteiger partial charge in [-0.1, -0.05) is 69.8 Å². The van der Waals surface area contributed by atoms with Crippen LogP contribution in [0.4, 0.5) is 0 Å². The molecular weight excluding hydrogens is 398 g/mol. The Morgan fingerprint density at radius 1 is 1.16 bits per heavy atom. The number of allylic oxidation sites excluding steroid dienone is 2. The van der Waals surface area contributed by atoms with E-state index in [2.05, 4.69) is 30.9 Å². The highest BCUT2D eigenvalue weighted by molar-refractivity contribution is 5.21. The van der Waals surface area contributed by atoms with Gasteiger partial charge >= 0.3 is 0 Å². The predicted molar refractivity (Wildman–Crippen MR) is 133 cm³/mol. The second kappa shape index (κ2) is 13.9. The number of aliphatic hydroxyl groups excluding tert-OH is 2. The summed E-state index contributed by atoms with van der Waals surface area (Å²) in [5, 5.41) is 21.0. The minimum absolute atomic E-state index is 0.211. The van der Waals surface area contributed by atoms with Crippen LogP contribution in [0, 0.1) is 23.7 Å². The normalized spacial score (nSPS) is 30.6. The molecule has 2 fully saturated rings. The number of nitrogens with zero attached hydrogens (tertiary/aromatic N) is 1. The average Bonchev–Trinajstić information content (AvgIpc) is 3.30. The smallest absolute Gasteiger partial charge is 0.0723 e. The highest BCUT2D eigenvalue weighted by Gasteiger charge is 2.43. The fourth-order valence-electron chi connectivity index (χ4n) is 6.07. The molecule has 184 valence electrons. The van der Waals surface area contributed by atoms with E-state index in [1.165, 1.54) is 57.9 Å². The summed E-state index contributed by atoms with van der Waals surface area (Å²) in [6.45, 7) is 9.70. The van der Waals surface area contributed by atoms with Crippen LogP contribution in [0.15, 0.2) is 23.8 Å². The van der Waals surface area contributed by atoms with Crippen LogP contribution in [0.1, 0.15) is 84.5 Å². The van der Waals surface area contributed by atoms with Crippen molar-refractivity contribution >= 4 is 0 Å². The molecule has 2 aliphatic carbocycles. The summed E-state index contributed by atoms with van der Waals surface area (Å²) in [5.74, 6) is 1.85. The Kier molecular flexibility index (Phi) is 11.3. The molecule has 0 amide bonds. The van der Waals surface area contributed by atoms with E-state index in [9.17, 15) is 10.2 Å². The standard InChI is InChI=1S/C28H49NO3/c1-3-4-9-22(2)18-25(30)11-12-26-27-20-23(19-24(27)21-28(26)31)10-7-5-6-8-13-29-14-16-32-17-15-29/h11-12,19,22,24-28,30-31H,3-10,13-18,20-21H2,1-2H3/b12-11+/t22-,24-,25+,26+,27-,28+/m0/s1. The fraction of sp³-hybridized carbons (Fsp3) is 0.857. The van der Waals surface area contributed by atoms with Crippen LogP contribution in [-0.4, -0.2) is 60.2 Å². The maximum absolute atomic E-state index is 10.6. The Morgan fingerprint density at radius 3 is 2.72 bits per heavy atom. The molecule has 32 heavy (non-hydrogen) atoms. The van der Waals surface area contributed by atoms with Gasteiger partial charge in [0, 0.05) is 19.0 Å². The van der Waals surface area contributed by atoms with E-state index >= 15 is 0 Å².